The third-order valence-corrected chi connectivity index (χ3v) is 5.59. The van der Waals surface area contributed by atoms with Crippen molar-refractivity contribution in [1.29, 1.82) is 0 Å². The second kappa shape index (κ2) is 12.2. The van der Waals surface area contributed by atoms with Crippen LogP contribution < -0.4 is 14.8 Å². The maximum Gasteiger partial charge on any atom is 0.412 e. The summed E-state index contributed by atoms with van der Waals surface area (Å²) in [5, 5.41) is 13.1. The maximum atomic E-state index is 12.8. The molecule has 33 heavy (non-hydrogen) atoms. The Morgan fingerprint density at radius 1 is 1.21 bits per heavy atom. The lowest BCUT2D eigenvalue weighted by molar-refractivity contribution is -0.142. The van der Waals surface area contributed by atoms with Crippen molar-refractivity contribution in [3.05, 3.63) is 45.5 Å². The van der Waals surface area contributed by atoms with Gasteiger partial charge in [-0.15, -0.1) is 0 Å². The molecule has 2 atom stereocenters. The van der Waals surface area contributed by atoms with Gasteiger partial charge in [-0.25, -0.2) is 4.79 Å². The first-order chi connectivity index (χ1) is 15.9. The number of thiol groups is 1. The highest BCUT2D eigenvalue weighted by Gasteiger charge is 2.31. The van der Waals surface area contributed by atoms with Gasteiger partial charge in [0.25, 0.3) is 0 Å². The van der Waals surface area contributed by atoms with Gasteiger partial charge in [0.15, 0.2) is 17.6 Å². The molecule has 0 radical (unpaired) electrons. The van der Waals surface area contributed by atoms with E-state index in [0.717, 1.165) is 3.57 Å². The molecule has 0 spiro atoms. The van der Waals surface area contributed by atoms with Crippen molar-refractivity contribution in [2.24, 2.45) is 0 Å². The van der Waals surface area contributed by atoms with E-state index < -0.39 is 24.3 Å². The Kier molecular flexibility index (Phi) is 9.32. The van der Waals surface area contributed by atoms with E-state index in [4.69, 9.17) is 23.7 Å². The lowest BCUT2D eigenvalue weighted by Gasteiger charge is -2.28. The van der Waals surface area contributed by atoms with E-state index >= 15 is 0 Å². The molecule has 0 saturated heterocycles. The molecule has 0 unspecified atom stereocenters. The Bertz CT molecular complexity index is 989. The number of anilines is 1. The van der Waals surface area contributed by atoms with Crippen LogP contribution in [0, 0.1) is 3.57 Å². The highest BCUT2D eigenvalue weighted by Crippen LogP contribution is 2.36. The Hall–Kier alpha value is -2.38. The number of fused-ring (bicyclic) bond motifs is 1. The first kappa shape index (κ1) is 25.2. The predicted octanol–water partition coefficient (Wildman–Crippen LogP) is 4.28. The molecule has 178 valence electrons. The summed E-state index contributed by atoms with van der Waals surface area (Å²) in [5.41, 5.74) is 0.826. The number of hydrogen-bond donors (Lipinski definition) is 3. The van der Waals surface area contributed by atoms with Gasteiger partial charge in [0, 0.05) is 33.9 Å². The average Bonchev–Trinajstić information content (AvgIpc) is 3.26. The summed E-state index contributed by atoms with van der Waals surface area (Å²) < 4.78 is 28.1. The van der Waals surface area contributed by atoms with E-state index in [2.05, 4.69) is 40.5 Å². The number of benzene rings is 2. The monoisotopic (exact) mass is 589 g/mol. The minimum Gasteiger partial charge on any atom is -0.508 e. The molecule has 2 aromatic carbocycles. The van der Waals surface area contributed by atoms with E-state index in [1.165, 1.54) is 6.07 Å². The number of ether oxygens (including phenoxy) is 5. The fourth-order valence-corrected chi connectivity index (χ4v) is 3.81. The molecule has 0 aliphatic carbocycles. The number of rotatable bonds is 10. The molecule has 0 aromatic heterocycles. The first-order valence-electron chi connectivity index (χ1n) is 10.1. The number of esters is 1. The van der Waals surface area contributed by atoms with Gasteiger partial charge in [-0.2, -0.15) is 12.6 Å². The molecule has 0 bridgehead atoms. The summed E-state index contributed by atoms with van der Waals surface area (Å²) in [6.45, 7) is 2.27. The van der Waals surface area contributed by atoms with Crippen molar-refractivity contribution in [2.75, 3.05) is 31.1 Å². The molecule has 0 fully saturated rings. The van der Waals surface area contributed by atoms with Gasteiger partial charge in [-0.3, -0.25) is 10.1 Å². The molecule has 1 amide bonds. The van der Waals surface area contributed by atoms with Crippen LogP contribution in [0.5, 0.6) is 17.2 Å². The van der Waals surface area contributed by atoms with Crippen LogP contribution in [0.2, 0.25) is 0 Å². The number of halogens is 1. The predicted molar refractivity (Wildman–Crippen MR) is 131 cm³/mol. The second-order valence-corrected chi connectivity index (χ2v) is 8.45. The number of phenolic OH excluding ortho intramolecular Hbond substituents is 1. The minimum absolute atomic E-state index is 0.0401. The van der Waals surface area contributed by atoms with E-state index in [-0.39, 0.29) is 31.3 Å². The van der Waals surface area contributed by atoms with Crippen LogP contribution in [0.4, 0.5) is 10.5 Å². The molecule has 1 aliphatic heterocycles. The highest BCUT2D eigenvalue weighted by molar-refractivity contribution is 14.1. The van der Waals surface area contributed by atoms with Crippen LogP contribution in [0.25, 0.3) is 0 Å². The number of amides is 1. The number of carbonyl (C=O) groups excluding carboxylic acids is 2. The van der Waals surface area contributed by atoms with Crippen molar-refractivity contribution < 1.29 is 38.4 Å². The fraction of sp³-hybridized carbons (Fsp3) is 0.364. The standard InChI is InChI=1S/C22H24INO8S/c1-2-28-18(7-8-29-20(26)11-33)21(15-9-13(23)3-5-16(15)25)32-22(27)24-14-4-6-17-19(10-14)31-12-30-17/h3-6,9-10,18,21,25,33H,2,7-8,11-12H2,1H3,(H,24,27)/t18-,21-/m0/s1. The summed E-state index contributed by atoms with van der Waals surface area (Å²) >= 11 is 5.99. The quantitative estimate of drug-likeness (QED) is 0.214. The third-order valence-electron chi connectivity index (χ3n) is 4.66. The SMILES string of the molecule is CCO[C@@H](CCOC(=O)CS)[C@@H](OC(=O)Nc1ccc2c(c1)OCO2)c1cc(I)ccc1O. The number of phenols is 1. The van der Waals surface area contributed by atoms with Gasteiger partial charge in [-0.1, -0.05) is 0 Å². The zero-order valence-corrected chi connectivity index (χ0v) is 20.8. The third kappa shape index (κ3) is 7.05. The van der Waals surface area contributed by atoms with Crippen molar-refractivity contribution in [3.8, 4) is 17.2 Å². The summed E-state index contributed by atoms with van der Waals surface area (Å²) in [7, 11) is 0. The van der Waals surface area contributed by atoms with Gasteiger partial charge in [-0.05, 0) is 59.8 Å². The lowest BCUT2D eigenvalue weighted by atomic mass is 10.0. The van der Waals surface area contributed by atoms with E-state index in [1.54, 1.807) is 37.3 Å². The maximum absolute atomic E-state index is 12.8. The van der Waals surface area contributed by atoms with E-state index in [9.17, 15) is 14.7 Å². The van der Waals surface area contributed by atoms with Crippen LogP contribution in [-0.2, 0) is 19.0 Å². The molecule has 0 saturated carbocycles. The summed E-state index contributed by atoms with van der Waals surface area (Å²) in [4.78, 5) is 24.2. The van der Waals surface area contributed by atoms with Crippen LogP contribution >= 0.6 is 35.2 Å². The molecule has 2 N–H and O–H groups in total. The van der Waals surface area contributed by atoms with Crippen molar-refractivity contribution in [3.63, 3.8) is 0 Å². The average molecular weight is 589 g/mol. The number of nitrogens with one attached hydrogen (secondary N) is 1. The molecule has 1 aliphatic rings. The van der Waals surface area contributed by atoms with Gasteiger partial charge >= 0.3 is 12.1 Å². The van der Waals surface area contributed by atoms with E-state index in [1.807, 2.05) is 0 Å². The van der Waals surface area contributed by atoms with Gasteiger partial charge in [0.1, 0.15) is 11.9 Å². The first-order valence-corrected chi connectivity index (χ1v) is 11.9. The van der Waals surface area contributed by atoms with Gasteiger partial charge < -0.3 is 28.8 Å². The van der Waals surface area contributed by atoms with Gasteiger partial charge in [0.2, 0.25) is 6.79 Å². The molecule has 9 nitrogen and oxygen atoms in total. The van der Waals surface area contributed by atoms with Crippen LogP contribution in [0.3, 0.4) is 0 Å². The molecular formula is C22H24INO8S. The summed E-state index contributed by atoms with van der Waals surface area (Å²) in [6, 6.07) is 9.92. The minimum atomic E-state index is -0.969. The highest BCUT2D eigenvalue weighted by atomic mass is 127. The molecule has 11 heteroatoms. The smallest absolute Gasteiger partial charge is 0.412 e. The fourth-order valence-electron chi connectivity index (χ4n) is 3.20. The largest absolute Gasteiger partial charge is 0.508 e. The van der Waals surface area contributed by atoms with Crippen LogP contribution in [0.15, 0.2) is 36.4 Å². The number of aromatic hydroxyl groups is 1. The van der Waals surface area contributed by atoms with Crippen LogP contribution in [-0.4, -0.2) is 49.0 Å². The summed E-state index contributed by atoms with van der Waals surface area (Å²) in [5.74, 6) is 0.534. The van der Waals surface area contributed by atoms with Crippen molar-refractivity contribution >= 4 is 53.0 Å². The molecular weight excluding hydrogens is 565 g/mol. The van der Waals surface area contributed by atoms with Gasteiger partial charge in [0.05, 0.1) is 12.4 Å². The zero-order chi connectivity index (χ0) is 23.8. The Morgan fingerprint density at radius 2 is 2.00 bits per heavy atom. The molecule has 1 heterocycles. The van der Waals surface area contributed by atoms with E-state index in [0.29, 0.717) is 29.4 Å². The topological polar surface area (TPSA) is 113 Å². The lowest BCUT2D eigenvalue weighted by Crippen LogP contribution is -2.30. The van der Waals surface area contributed by atoms with Crippen LogP contribution in [0.1, 0.15) is 25.0 Å². The normalized spacial score (nSPS) is 13.8. The Balaban J connectivity index is 1.79. The van der Waals surface area contributed by atoms with Crippen molar-refractivity contribution in [1.82, 2.24) is 0 Å². The zero-order valence-electron chi connectivity index (χ0n) is 17.8. The Labute approximate surface area is 210 Å². The number of hydrogen-bond acceptors (Lipinski definition) is 9. The number of carbonyl (C=O) groups is 2. The molecule has 3 rings (SSSR count). The van der Waals surface area contributed by atoms with Crippen molar-refractivity contribution in [2.45, 2.75) is 25.6 Å². The second-order valence-electron chi connectivity index (χ2n) is 6.88. The summed E-state index contributed by atoms with van der Waals surface area (Å²) in [6.07, 6.45) is -2.17. The molecule has 2 aromatic rings. The Morgan fingerprint density at radius 3 is 2.76 bits per heavy atom.